The minimum Gasteiger partial charge on any atom is -0.444 e. The van der Waals surface area contributed by atoms with E-state index in [1.807, 2.05) is 0 Å². The number of anilines is 1. The van der Waals surface area contributed by atoms with E-state index in [4.69, 9.17) is 4.74 Å². The summed E-state index contributed by atoms with van der Waals surface area (Å²) >= 11 is 0. The summed E-state index contributed by atoms with van der Waals surface area (Å²) in [5, 5.41) is 3.63. The van der Waals surface area contributed by atoms with E-state index >= 15 is 0 Å². The minimum absolute atomic E-state index is 0.279. The van der Waals surface area contributed by atoms with Crippen molar-refractivity contribution in [3.05, 3.63) is 41.5 Å². The van der Waals surface area contributed by atoms with Crippen LogP contribution in [-0.2, 0) is 14.3 Å². The quantitative estimate of drug-likeness (QED) is 0.225. The number of nitrogens with zero attached hydrogens (tertiary/aromatic N) is 2. The van der Waals surface area contributed by atoms with Crippen molar-refractivity contribution in [3.8, 4) is 0 Å². The van der Waals surface area contributed by atoms with E-state index in [9.17, 15) is 24.0 Å². The lowest BCUT2D eigenvalue weighted by Gasteiger charge is -2.28. The average Bonchev–Trinajstić information content (AvgIpc) is 3.42. The van der Waals surface area contributed by atoms with Gasteiger partial charge in [-0.05, 0) is 58.2 Å². The van der Waals surface area contributed by atoms with E-state index < -0.39 is 23.6 Å². The Labute approximate surface area is 239 Å². The van der Waals surface area contributed by atoms with Crippen LogP contribution in [0.4, 0.5) is 10.5 Å². The molecule has 0 spiro atoms. The molecule has 1 atom stereocenters. The summed E-state index contributed by atoms with van der Waals surface area (Å²) < 4.78 is 5.17. The number of hydrazine groups is 1. The van der Waals surface area contributed by atoms with E-state index in [0.29, 0.717) is 53.5 Å². The molecule has 2 aliphatic heterocycles. The van der Waals surface area contributed by atoms with Crippen LogP contribution in [0.3, 0.4) is 0 Å². The van der Waals surface area contributed by atoms with E-state index in [-0.39, 0.29) is 24.3 Å². The summed E-state index contributed by atoms with van der Waals surface area (Å²) in [6, 6.07) is 7.93. The van der Waals surface area contributed by atoms with E-state index in [1.54, 1.807) is 51.1 Å². The van der Waals surface area contributed by atoms with Crippen molar-refractivity contribution in [3.63, 3.8) is 0 Å². The van der Waals surface area contributed by atoms with Gasteiger partial charge in [-0.25, -0.2) is 4.79 Å². The van der Waals surface area contributed by atoms with Crippen molar-refractivity contribution in [2.45, 2.75) is 77.9 Å². The van der Waals surface area contributed by atoms with Crippen LogP contribution in [0.25, 0.3) is 10.8 Å². The summed E-state index contributed by atoms with van der Waals surface area (Å²) in [4.78, 5) is 67.0. The van der Waals surface area contributed by atoms with Gasteiger partial charge in [-0.1, -0.05) is 38.3 Å². The molecule has 0 aliphatic carbocycles. The van der Waals surface area contributed by atoms with Crippen molar-refractivity contribution < 1.29 is 28.7 Å². The molecular formula is C30H39N5O6. The number of unbranched alkanes of at least 4 members (excludes halogenated alkanes) is 3. The van der Waals surface area contributed by atoms with Crippen molar-refractivity contribution in [1.82, 2.24) is 20.5 Å². The molecule has 3 N–H and O–H groups in total. The Morgan fingerprint density at radius 1 is 1.00 bits per heavy atom. The predicted molar refractivity (Wildman–Crippen MR) is 154 cm³/mol. The highest BCUT2D eigenvalue weighted by Crippen LogP contribution is 2.34. The zero-order chi connectivity index (χ0) is 29.7. The third kappa shape index (κ3) is 6.78. The second-order valence-corrected chi connectivity index (χ2v) is 11.4. The largest absolute Gasteiger partial charge is 0.444 e. The maximum absolute atomic E-state index is 13.2. The molecule has 1 saturated heterocycles. The summed E-state index contributed by atoms with van der Waals surface area (Å²) in [7, 11) is 0. The lowest BCUT2D eigenvalue weighted by molar-refractivity contribution is -0.137. The molecule has 2 aliphatic rings. The number of rotatable bonds is 10. The van der Waals surface area contributed by atoms with E-state index in [1.165, 1.54) is 9.80 Å². The van der Waals surface area contributed by atoms with Gasteiger partial charge >= 0.3 is 6.09 Å². The topological polar surface area (TPSA) is 137 Å². The third-order valence-corrected chi connectivity index (χ3v) is 7.21. The fourth-order valence-electron chi connectivity index (χ4n) is 5.27. The molecule has 0 radical (unpaired) electrons. The van der Waals surface area contributed by atoms with Crippen LogP contribution < -0.4 is 16.2 Å². The molecule has 220 valence electrons. The van der Waals surface area contributed by atoms with Crippen molar-refractivity contribution in [1.29, 1.82) is 0 Å². The van der Waals surface area contributed by atoms with Gasteiger partial charge < -0.3 is 15.0 Å². The third-order valence-electron chi connectivity index (χ3n) is 7.21. The van der Waals surface area contributed by atoms with Crippen LogP contribution >= 0.6 is 0 Å². The zero-order valence-corrected chi connectivity index (χ0v) is 24.2. The summed E-state index contributed by atoms with van der Waals surface area (Å²) in [5.74, 6) is -1.41. The lowest BCUT2D eigenvalue weighted by Crippen LogP contribution is -2.50. The number of nitrogens with one attached hydrogen (secondary N) is 3. The smallest absolute Gasteiger partial charge is 0.408 e. The molecule has 1 fully saturated rings. The first-order valence-electron chi connectivity index (χ1n) is 14.3. The Kier molecular flexibility index (Phi) is 9.14. The number of imide groups is 1. The highest BCUT2D eigenvalue weighted by atomic mass is 16.6. The number of likely N-dealkylation sites (tertiary alicyclic amines) is 1. The Balaban J connectivity index is 1.42. The first kappa shape index (κ1) is 29.8. The van der Waals surface area contributed by atoms with Gasteiger partial charge in [0.1, 0.15) is 18.2 Å². The first-order chi connectivity index (χ1) is 19.5. The summed E-state index contributed by atoms with van der Waals surface area (Å²) in [5.41, 5.74) is 6.35. The Bertz CT molecular complexity index is 1330. The maximum atomic E-state index is 13.2. The molecule has 0 bridgehead atoms. The number of amides is 5. The van der Waals surface area contributed by atoms with E-state index in [2.05, 4.69) is 23.1 Å². The number of alkyl carbamates (subject to hydrolysis) is 1. The summed E-state index contributed by atoms with van der Waals surface area (Å²) in [6.45, 7) is 7.79. The first-order valence-corrected chi connectivity index (χ1v) is 14.3. The maximum Gasteiger partial charge on any atom is 0.408 e. The van der Waals surface area contributed by atoms with Gasteiger partial charge in [0, 0.05) is 35.0 Å². The fourth-order valence-corrected chi connectivity index (χ4v) is 5.27. The lowest BCUT2D eigenvalue weighted by atomic mass is 9.93. The Hall–Kier alpha value is -4.15. The molecule has 2 heterocycles. The van der Waals surface area contributed by atoms with Gasteiger partial charge in [0.05, 0.1) is 5.69 Å². The molecule has 11 nitrogen and oxygen atoms in total. The van der Waals surface area contributed by atoms with Crippen molar-refractivity contribution >= 4 is 46.2 Å². The zero-order valence-electron chi connectivity index (χ0n) is 24.2. The Morgan fingerprint density at radius 2 is 1.73 bits per heavy atom. The molecule has 2 aromatic carbocycles. The van der Waals surface area contributed by atoms with Gasteiger partial charge in [-0.15, -0.1) is 0 Å². The number of benzene rings is 2. The fraction of sp³-hybridized carbons (Fsp3) is 0.500. The molecule has 5 amide bonds. The molecule has 41 heavy (non-hydrogen) atoms. The number of hydrogen-bond acceptors (Lipinski definition) is 7. The number of ether oxygens (including phenoxy) is 1. The van der Waals surface area contributed by atoms with Gasteiger partial charge in [0.2, 0.25) is 5.91 Å². The van der Waals surface area contributed by atoms with Gasteiger partial charge in [0.15, 0.2) is 0 Å². The minimum atomic E-state index is -0.708. The predicted octanol–water partition coefficient (Wildman–Crippen LogP) is 3.97. The van der Waals surface area contributed by atoms with Crippen LogP contribution in [-0.4, -0.2) is 70.8 Å². The molecule has 0 saturated carbocycles. The van der Waals surface area contributed by atoms with Crippen LogP contribution in [0.2, 0.25) is 0 Å². The SMILES string of the molecule is CCCCCCN1C(=O)c2cccc3c(NNC(=O)[C@@H]4CCCN4C(=O)CNC(=O)OC(C)(C)C)ccc(c23)C1=O. The van der Waals surface area contributed by atoms with Crippen LogP contribution in [0.1, 0.15) is 86.9 Å². The highest BCUT2D eigenvalue weighted by Gasteiger charge is 2.35. The van der Waals surface area contributed by atoms with Crippen LogP contribution in [0.15, 0.2) is 30.3 Å². The van der Waals surface area contributed by atoms with Crippen LogP contribution in [0.5, 0.6) is 0 Å². The molecule has 4 rings (SSSR count). The van der Waals surface area contributed by atoms with Gasteiger partial charge in [-0.3, -0.25) is 34.9 Å². The second-order valence-electron chi connectivity index (χ2n) is 11.4. The molecule has 2 aromatic rings. The molecular weight excluding hydrogens is 526 g/mol. The molecule has 11 heteroatoms. The monoisotopic (exact) mass is 565 g/mol. The highest BCUT2D eigenvalue weighted by molar-refractivity contribution is 6.26. The van der Waals surface area contributed by atoms with Gasteiger partial charge in [-0.2, -0.15) is 0 Å². The van der Waals surface area contributed by atoms with E-state index in [0.717, 1.165) is 25.7 Å². The number of carbonyl (C=O) groups is 5. The second kappa shape index (κ2) is 12.6. The molecule has 0 unspecified atom stereocenters. The van der Waals surface area contributed by atoms with Crippen molar-refractivity contribution in [2.75, 3.05) is 25.1 Å². The Morgan fingerprint density at radius 3 is 2.44 bits per heavy atom. The standard InChI is InChI=1S/C30H39N5O6/c1-5-6-7-8-16-35-27(38)20-12-9-11-19-22(15-14-21(25(19)20)28(35)39)32-33-26(37)23-13-10-17-34(23)24(36)18-31-29(40)41-30(2,3)4/h9,11-12,14-15,23,32H,5-8,10,13,16-18H2,1-4H3,(H,31,40)(H,33,37)/t23-/m0/s1. The van der Waals surface area contributed by atoms with Crippen molar-refractivity contribution in [2.24, 2.45) is 0 Å². The normalized spacial score (nSPS) is 16.6. The van der Waals surface area contributed by atoms with Gasteiger partial charge in [0.25, 0.3) is 17.7 Å². The average molecular weight is 566 g/mol. The molecule has 0 aromatic heterocycles. The number of hydrogen-bond donors (Lipinski definition) is 3. The number of carbonyl (C=O) groups excluding carboxylic acids is 5. The van der Waals surface area contributed by atoms with Crippen LogP contribution in [0, 0.1) is 0 Å². The summed E-state index contributed by atoms with van der Waals surface area (Å²) in [6.07, 6.45) is 4.27.